The minimum atomic E-state index is 0. The summed E-state index contributed by atoms with van der Waals surface area (Å²) >= 11 is 1.91. The van der Waals surface area contributed by atoms with Crippen LogP contribution in [-0.4, -0.2) is 20.9 Å². The number of fused-ring (bicyclic) bond motifs is 6. The fourth-order valence-corrected chi connectivity index (χ4v) is 8.86. The van der Waals surface area contributed by atoms with E-state index in [1.807, 2.05) is 45.2 Å². The number of ketones is 1. The van der Waals surface area contributed by atoms with E-state index in [0.717, 1.165) is 61.6 Å². The molecule has 1 radical (unpaired) electrons. The molecule has 7 rings (SSSR count). The maximum Gasteiger partial charge on any atom is 0.162 e. The van der Waals surface area contributed by atoms with Gasteiger partial charge in [-0.1, -0.05) is 107 Å². The van der Waals surface area contributed by atoms with E-state index in [1.54, 1.807) is 0 Å². The summed E-state index contributed by atoms with van der Waals surface area (Å²) in [5, 5.41) is 13.3. The molecule has 0 bridgehead atoms. The number of carbonyl (C=O) groups is 1. The van der Waals surface area contributed by atoms with Crippen molar-refractivity contribution in [1.29, 1.82) is 0 Å². The van der Waals surface area contributed by atoms with E-state index in [2.05, 4.69) is 99.0 Å². The predicted octanol–water partition coefficient (Wildman–Crippen LogP) is 12.8. The smallest absolute Gasteiger partial charge is 0.162 e. The van der Waals surface area contributed by atoms with Gasteiger partial charge in [-0.15, -0.1) is 34.9 Å². The first-order valence-corrected chi connectivity index (χ1v) is 19.9. The number of pyridine rings is 2. The van der Waals surface area contributed by atoms with Crippen LogP contribution in [0.3, 0.4) is 0 Å². The Labute approximate surface area is 333 Å². The Kier molecular flexibility index (Phi) is 14.0. The number of rotatable bonds is 11. The number of aliphatic hydroxyl groups excluding tert-OH is 1. The largest absolute Gasteiger partial charge is 0.512 e. The second-order valence-electron chi connectivity index (χ2n) is 14.4. The van der Waals surface area contributed by atoms with Gasteiger partial charge in [-0.2, -0.15) is 0 Å². The van der Waals surface area contributed by atoms with Crippen LogP contribution in [0.2, 0.25) is 0 Å². The normalized spacial score (nSPS) is 12.4. The zero-order valence-electron chi connectivity index (χ0n) is 31.8. The average Bonchev–Trinajstić information content (AvgIpc) is 3.55. The Morgan fingerprint density at radius 2 is 1.58 bits per heavy atom. The van der Waals surface area contributed by atoms with Crippen molar-refractivity contribution in [2.75, 3.05) is 0 Å². The van der Waals surface area contributed by atoms with Crippen molar-refractivity contribution >= 4 is 38.0 Å². The Balaban J connectivity index is 0.000000290. The monoisotopic (exact) mass is 900 g/mol. The van der Waals surface area contributed by atoms with Crippen LogP contribution >= 0.6 is 11.3 Å². The van der Waals surface area contributed by atoms with Gasteiger partial charge in [-0.3, -0.25) is 14.8 Å². The van der Waals surface area contributed by atoms with Crippen molar-refractivity contribution < 1.29 is 30.0 Å². The molecular weight excluding hydrogens is 849 g/mol. The molecule has 1 N–H and O–H groups in total. The molecule has 0 spiro atoms. The summed E-state index contributed by atoms with van der Waals surface area (Å²) in [7, 11) is 0. The van der Waals surface area contributed by atoms with Gasteiger partial charge < -0.3 is 5.11 Å². The van der Waals surface area contributed by atoms with Gasteiger partial charge in [0.25, 0.3) is 0 Å². The number of aryl methyl sites for hydroxylation is 1. The van der Waals surface area contributed by atoms with Gasteiger partial charge in [0.1, 0.15) is 0 Å². The van der Waals surface area contributed by atoms with E-state index in [4.69, 9.17) is 9.97 Å². The molecule has 277 valence electrons. The van der Waals surface area contributed by atoms with Gasteiger partial charge in [-0.25, -0.2) is 0 Å². The zero-order chi connectivity index (χ0) is 36.8. The number of allylic oxidation sites excluding steroid dienone is 2. The quantitative estimate of drug-likeness (QED) is 0.0799. The van der Waals surface area contributed by atoms with Gasteiger partial charge in [0.05, 0.1) is 5.76 Å². The van der Waals surface area contributed by atoms with E-state index in [-0.39, 0.29) is 43.5 Å². The van der Waals surface area contributed by atoms with E-state index in [9.17, 15) is 9.90 Å². The number of thiophene rings is 1. The van der Waals surface area contributed by atoms with Crippen molar-refractivity contribution in [1.82, 2.24) is 9.97 Å². The van der Waals surface area contributed by atoms with Crippen LogP contribution in [0.5, 0.6) is 0 Å². The molecule has 1 aliphatic carbocycles. The Morgan fingerprint density at radius 1 is 0.887 bits per heavy atom. The molecule has 0 saturated carbocycles. The molecule has 53 heavy (non-hydrogen) atoms. The second kappa shape index (κ2) is 18.4. The van der Waals surface area contributed by atoms with Crippen LogP contribution in [-0.2, 0) is 44.2 Å². The van der Waals surface area contributed by atoms with Crippen molar-refractivity contribution in [3.63, 3.8) is 0 Å². The minimum absolute atomic E-state index is 0. The van der Waals surface area contributed by atoms with Crippen LogP contribution < -0.4 is 0 Å². The first-order valence-electron chi connectivity index (χ1n) is 19.1. The van der Waals surface area contributed by atoms with Crippen molar-refractivity contribution in [3.05, 3.63) is 119 Å². The molecule has 6 heteroatoms. The van der Waals surface area contributed by atoms with E-state index < -0.39 is 0 Å². The van der Waals surface area contributed by atoms with Gasteiger partial charge in [0, 0.05) is 77.4 Å². The molecule has 0 fully saturated rings. The summed E-state index contributed by atoms with van der Waals surface area (Å²) in [6.45, 7) is 12.6. The second-order valence-corrected chi connectivity index (χ2v) is 15.5. The topological polar surface area (TPSA) is 63.1 Å². The number of nitrogens with zero attached hydrogens (tertiary/aromatic N) is 2. The molecule has 0 unspecified atom stereocenters. The van der Waals surface area contributed by atoms with Crippen molar-refractivity contribution in [3.8, 4) is 33.5 Å². The number of carbonyl (C=O) groups excluding carboxylic acids is 1. The Morgan fingerprint density at radius 3 is 2.28 bits per heavy atom. The van der Waals surface area contributed by atoms with E-state index in [1.165, 1.54) is 59.8 Å². The third kappa shape index (κ3) is 8.72. The summed E-state index contributed by atoms with van der Waals surface area (Å²) < 4.78 is 1.29. The van der Waals surface area contributed by atoms with Crippen LogP contribution in [0.15, 0.2) is 97.2 Å². The molecule has 4 nitrogen and oxygen atoms in total. The molecule has 0 amide bonds. The predicted molar refractivity (Wildman–Crippen MR) is 220 cm³/mol. The van der Waals surface area contributed by atoms with Gasteiger partial charge in [0.15, 0.2) is 5.78 Å². The third-order valence-corrected chi connectivity index (χ3v) is 11.7. The number of aromatic nitrogens is 2. The summed E-state index contributed by atoms with van der Waals surface area (Å²) in [5.41, 5.74) is 9.98. The standard InChI is InChI=1S/C34H27N2S.C13H24O2.Ir/c1-21(2)16-25-19-35-20-29-27(25)12-13-30-32(29)33-31(37-30)14-15-36-34(33)24-17-23-10-6-7-11-26(23)28(18-24)22-8-4-3-5-9-22;1-5-10(6-2)12(14)9-13(15)11(7-3)8-4;/h3-11,14-15,18-21H,12-13,16H2,1-2H3;9-11,14H,5-8H2,1-4H3;/q-1;;/b;12-9-;. The maximum atomic E-state index is 11.7. The summed E-state index contributed by atoms with van der Waals surface area (Å²) in [5.74, 6) is 1.15. The van der Waals surface area contributed by atoms with Gasteiger partial charge >= 0.3 is 0 Å². The molecule has 0 atom stereocenters. The maximum absolute atomic E-state index is 11.7. The molecular formula is C47H51IrN2O2S-. The van der Waals surface area contributed by atoms with E-state index >= 15 is 0 Å². The van der Waals surface area contributed by atoms with Crippen molar-refractivity contribution in [2.45, 2.75) is 86.5 Å². The third-order valence-electron chi connectivity index (χ3n) is 10.5. The van der Waals surface area contributed by atoms with E-state index in [0.29, 0.717) is 5.92 Å². The van der Waals surface area contributed by atoms with Crippen molar-refractivity contribution in [2.24, 2.45) is 17.8 Å². The first-order chi connectivity index (χ1) is 25.3. The van der Waals surface area contributed by atoms with Gasteiger partial charge in [-0.05, 0) is 84.6 Å². The Bertz CT molecular complexity index is 2200. The molecule has 6 aromatic rings. The average molecular weight is 900 g/mol. The molecule has 0 aliphatic heterocycles. The van der Waals surface area contributed by atoms with Crippen LogP contribution in [0.4, 0.5) is 0 Å². The number of hydrogen-bond donors (Lipinski definition) is 1. The fraction of sp³-hybridized carbons (Fsp3) is 0.340. The fourth-order valence-electron chi connectivity index (χ4n) is 7.65. The molecule has 3 aromatic heterocycles. The molecule has 3 aromatic carbocycles. The minimum Gasteiger partial charge on any atom is -0.512 e. The van der Waals surface area contributed by atoms with Crippen LogP contribution in [0.1, 0.15) is 83.2 Å². The van der Waals surface area contributed by atoms with Gasteiger partial charge in [0.2, 0.25) is 0 Å². The van der Waals surface area contributed by atoms with Crippen LogP contribution in [0, 0.1) is 23.8 Å². The molecule has 0 saturated heterocycles. The Hall–Kier alpha value is -3.96. The SMILES string of the molecule is CC(C)Cc1cncc2c1CCc1sc3ccnc(-c4[c-]c5ccccc5c(-c5ccccc5)c4)c3c1-2.CCC(CC)C(=O)/C=C(\O)C(CC)CC.[Ir]. The molecule has 3 heterocycles. The first kappa shape index (κ1) is 40.2. The summed E-state index contributed by atoms with van der Waals surface area (Å²) in [6, 6.07) is 27.4. The number of hydrogen-bond acceptors (Lipinski definition) is 5. The number of aliphatic hydroxyl groups is 1. The molecule has 1 aliphatic rings. The summed E-state index contributed by atoms with van der Waals surface area (Å²) in [6.07, 6.45) is 14.3. The van der Waals surface area contributed by atoms with Crippen LogP contribution in [0.25, 0.3) is 54.4 Å². The zero-order valence-corrected chi connectivity index (χ0v) is 35.0. The summed E-state index contributed by atoms with van der Waals surface area (Å²) in [4.78, 5) is 22.9. The number of benzene rings is 3.